The van der Waals surface area contributed by atoms with Gasteiger partial charge in [0.25, 0.3) is 0 Å². The number of carbonyl (C=O) groups excluding carboxylic acids is 2. The van der Waals surface area contributed by atoms with E-state index in [0.29, 0.717) is 18.1 Å². The van der Waals surface area contributed by atoms with Crippen LogP contribution in [0.2, 0.25) is 0 Å². The lowest BCUT2D eigenvalue weighted by molar-refractivity contribution is 0.0471. The number of hydrogen-bond donors (Lipinski definition) is 0. The molecule has 1 unspecified atom stereocenters. The Morgan fingerprint density at radius 3 is 2.34 bits per heavy atom. The van der Waals surface area contributed by atoms with Gasteiger partial charge in [0, 0.05) is 5.56 Å². The molecule has 150 valence electrons. The summed E-state index contributed by atoms with van der Waals surface area (Å²) in [6, 6.07) is 23.6. The molecule has 4 heteroatoms. The lowest BCUT2D eigenvalue weighted by Crippen LogP contribution is -2.16. The van der Waals surface area contributed by atoms with Gasteiger partial charge >= 0.3 is 6.16 Å². The van der Waals surface area contributed by atoms with Crippen molar-refractivity contribution in [3.05, 3.63) is 83.9 Å². The average molecular weight is 390 g/mol. The molecule has 0 aromatic heterocycles. The van der Waals surface area contributed by atoms with E-state index in [0.717, 1.165) is 30.0 Å². The van der Waals surface area contributed by atoms with E-state index in [1.807, 2.05) is 48.5 Å². The number of Topliss-reactive ketones (excluding diaryl/α,β-unsaturated/α-hetero) is 1. The third kappa shape index (κ3) is 6.46. The molecule has 0 spiro atoms. The molecule has 3 aromatic rings. The van der Waals surface area contributed by atoms with Gasteiger partial charge in [-0.25, -0.2) is 4.79 Å². The Hall–Kier alpha value is -3.14. The summed E-state index contributed by atoms with van der Waals surface area (Å²) in [7, 11) is 0. The van der Waals surface area contributed by atoms with Gasteiger partial charge < -0.3 is 9.47 Å². The summed E-state index contributed by atoms with van der Waals surface area (Å²) >= 11 is 0. The normalized spacial score (nSPS) is 11.8. The molecule has 0 saturated carbocycles. The van der Waals surface area contributed by atoms with Gasteiger partial charge in [-0.3, -0.25) is 4.79 Å². The zero-order valence-electron chi connectivity index (χ0n) is 16.7. The van der Waals surface area contributed by atoms with E-state index in [4.69, 9.17) is 9.47 Å². The molecule has 1 atom stereocenters. The van der Waals surface area contributed by atoms with Crippen molar-refractivity contribution in [1.82, 2.24) is 0 Å². The van der Waals surface area contributed by atoms with Crippen molar-refractivity contribution in [2.24, 2.45) is 5.92 Å². The summed E-state index contributed by atoms with van der Waals surface area (Å²) < 4.78 is 10.1. The number of aryl methyl sites for hydroxylation is 1. The van der Waals surface area contributed by atoms with Gasteiger partial charge in [-0.2, -0.15) is 0 Å². The number of benzene rings is 3. The van der Waals surface area contributed by atoms with Crippen LogP contribution in [0.5, 0.6) is 0 Å². The van der Waals surface area contributed by atoms with Crippen LogP contribution in [-0.2, 0) is 15.9 Å². The first-order valence-corrected chi connectivity index (χ1v) is 9.97. The molecule has 0 aliphatic heterocycles. The first kappa shape index (κ1) is 20.6. The molecule has 0 fully saturated rings. The minimum atomic E-state index is -0.797. The molecule has 0 aliphatic rings. The maximum atomic E-state index is 12.3. The summed E-state index contributed by atoms with van der Waals surface area (Å²) in [4.78, 5) is 24.0. The highest BCUT2D eigenvalue weighted by Crippen LogP contribution is 2.16. The molecule has 0 saturated heterocycles. The maximum absolute atomic E-state index is 12.3. The Bertz CT molecular complexity index is 949. The van der Waals surface area contributed by atoms with Crippen molar-refractivity contribution in [2.45, 2.75) is 26.2 Å². The van der Waals surface area contributed by atoms with Gasteiger partial charge in [-0.15, -0.1) is 0 Å². The van der Waals surface area contributed by atoms with Crippen molar-refractivity contribution in [1.29, 1.82) is 0 Å². The van der Waals surface area contributed by atoms with Gasteiger partial charge in [-0.1, -0.05) is 73.7 Å². The van der Waals surface area contributed by atoms with E-state index in [2.05, 4.69) is 19.1 Å². The molecule has 0 N–H and O–H groups in total. The Labute approximate surface area is 171 Å². The van der Waals surface area contributed by atoms with Crippen LogP contribution in [0.1, 0.15) is 35.7 Å². The number of carbonyl (C=O) groups is 2. The highest BCUT2D eigenvalue weighted by molar-refractivity contribution is 6.01. The van der Waals surface area contributed by atoms with E-state index in [1.165, 1.54) is 5.56 Å². The molecular weight excluding hydrogens is 364 g/mol. The van der Waals surface area contributed by atoms with Crippen LogP contribution in [0.4, 0.5) is 4.79 Å². The molecule has 0 aliphatic carbocycles. The van der Waals surface area contributed by atoms with E-state index in [9.17, 15) is 9.59 Å². The van der Waals surface area contributed by atoms with Crippen LogP contribution in [0.25, 0.3) is 10.8 Å². The summed E-state index contributed by atoms with van der Waals surface area (Å²) in [5.74, 6) is 0.186. The Morgan fingerprint density at radius 2 is 1.55 bits per heavy atom. The number of fused-ring (bicyclic) bond motifs is 1. The van der Waals surface area contributed by atoms with E-state index in [-0.39, 0.29) is 12.4 Å². The second-order valence-electron chi connectivity index (χ2n) is 7.29. The second-order valence-corrected chi connectivity index (χ2v) is 7.29. The Kier molecular flexibility index (Phi) is 7.40. The predicted molar refractivity (Wildman–Crippen MR) is 114 cm³/mol. The first-order valence-electron chi connectivity index (χ1n) is 9.97. The summed E-state index contributed by atoms with van der Waals surface area (Å²) in [5.41, 5.74) is 1.83. The van der Waals surface area contributed by atoms with Crippen molar-refractivity contribution in [2.75, 3.05) is 13.2 Å². The molecular formula is C25H26O4. The third-order valence-electron chi connectivity index (χ3n) is 4.99. The molecule has 0 bridgehead atoms. The number of rotatable bonds is 9. The quantitative estimate of drug-likeness (QED) is 0.340. The van der Waals surface area contributed by atoms with Gasteiger partial charge in [0.05, 0.1) is 6.61 Å². The molecule has 4 nitrogen and oxygen atoms in total. The van der Waals surface area contributed by atoms with Gasteiger partial charge in [0.2, 0.25) is 0 Å². The maximum Gasteiger partial charge on any atom is 0.508 e. The van der Waals surface area contributed by atoms with E-state index >= 15 is 0 Å². The Morgan fingerprint density at radius 1 is 0.828 bits per heavy atom. The number of ketones is 1. The topological polar surface area (TPSA) is 52.6 Å². The van der Waals surface area contributed by atoms with Crippen LogP contribution < -0.4 is 0 Å². The summed E-state index contributed by atoms with van der Waals surface area (Å²) in [6.45, 7) is 2.11. The molecule has 29 heavy (non-hydrogen) atoms. The van der Waals surface area contributed by atoms with Crippen LogP contribution in [0, 0.1) is 5.92 Å². The minimum Gasteiger partial charge on any atom is -0.434 e. The monoisotopic (exact) mass is 390 g/mol. The standard InChI is InChI=1S/C25H26O4/c1-19(11-12-20-7-3-2-4-8-20)15-16-28-25(27)29-18-24(26)23-14-13-21-9-5-6-10-22(21)17-23/h2-10,13-14,17,19H,11-12,15-16,18H2,1H3. The minimum absolute atomic E-state index is 0.246. The SMILES string of the molecule is CC(CCOC(=O)OCC(=O)c1ccc2ccccc2c1)CCc1ccccc1. The van der Waals surface area contributed by atoms with Gasteiger partial charge in [-0.05, 0) is 47.6 Å². The predicted octanol–water partition coefficient (Wildman–Crippen LogP) is 5.83. The molecule has 3 aromatic carbocycles. The van der Waals surface area contributed by atoms with Crippen molar-refractivity contribution < 1.29 is 19.1 Å². The molecule has 0 heterocycles. The fourth-order valence-corrected chi connectivity index (χ4v) is 3.16. The van der Waals surface area contributed by atoms with Crippen molar-refractivity contribution in [3.63, 3.8) is 0 Å². The highest BCUT2D eigenvalue weighted by Gasteiger charge is 2.12. The molecule has 3 rings (SSSR count). The van der Waals surface area contributed by atoms with Crippen molar-refractivity contribution in [3.8, 4) is 0 Å². The van der Waals surface area contributed by atoms with Crippen LogP contribution in [0.3, 0.4) is 0 Å². The van der Waals surface area contributed by atoms with Crippen molar-refractivity contribution >= 4 is 22.7 Å². The summed E-state index contributed by atoms with van der Waals surface area (Å²) in [5, 5.41) is 2.04. The van der Waals surface area contributed by atoms with Crippen LogP contribution in [0.15, 0.2) is 72.8 Å². The van der Waals surface area contributed by atoms with Crippen LogP contribution in [-0.4, -0.2) is 25.2 Å². The second kappa shape index (κ2) is 10.4. The smallest absolute Gasteiger partial charge is 0.434 e. The molecule has 0 amide bonds. The summed E-state index contributed by atoms with van der Waals surface area (Å²) in [6.07, 6.45) is 2.00. The largest absolute Gasteiger partial charge is 0.508 e. The lowest BCUT2D eigenvalue weighted by atomic mass is 9.99. The lowest BCUT2D eigenvalue weighted by Gasteiger charge is -2.11. The zero-order valence-corrected chi connectivity index (χ0v) is 16.7. The number of hydrogen-bond acceptors (Lipinski definition) is 4. The number of ether oxygens (including phenoxy) is 2. The fraction of sp³-hybridized carbons (Fsp3) is 0.280. The van der Waals surface area contributed by atoms with E-state index < -0.39 is 6.16 Å². The molecule has 0 radical (unpaired) electrons. The fourth-order valence-electron chi connectivity index (χ4n) is 3.16. The van der Waals surface area contributed by atoms with Gasteiger partial charge in [0.15, 0.2) is 12.4 Å². The average Bonchev–Trinajstić information content (AvgIpc) is 2.76. The third-order valence-corrected chi connectivity index (χ3v) is 4.99. The van der Waals surface area contributed by atoms with E-state index in [1.54, 1.807) is 12.1 Å². The highest BCUT2D eigenvalue weighted by atomic mass is 16.7. The zero-order chi connectivity index (χ0) is 20.5. The van der Waals surface area contributed by atoms with Gasteiger partial charge in [0.1, 0.15) is 0 Å². The van der Waals surface area contributed by atoms with Crippen LogP contribution >= 0.6 is 0 Å². The first-order chi connectivity index (χ1) is 14.1. The Balaban J connectivity index is 1.35.